The van der Waals surface area contributed by atoms with Crippen molar-refractivity contribution in [1.82, 2.24) is 0 Å². The first-order chi connectivity index (χ1) is 5.43. The highest BCUT2D eigenvalue weighted by molar-refractivity contribution is 7.93. The lowest BCUT2D eigenvalue weighted by Gasteiger charge is -2.10. The Morgan fingerprint density at radius 3 is 3.09 bits per heavy atom. The van der Waals surface area contributed by atoms with Crippen LogP contribution in [0.3, 0.4) is 0 Å². The number of hydrogen-bond donors (Lipinski definition) is 0. The summed E-state index contributed by atoms with van der Waals surface area (Å²) in [5.74, 6) is 6.26. The van der Waals surface area contributed by atoms with Gasteiger partial charge in [-0.25, -0.2) is 0 Å². The van der Waals surface area contributed by atoms with Gasteiger partial charge in [-0.2, -0.15) is 0 Å². The summed E-state index contributed by atoms with van der Waals surface area (Å²) in [4.78, 5) is 0. The molecule has 1 aliphatic carbocycles. The highest BCUT2D eigenvalue weighted by atomic mass is 32.2. The average molecular weight is 170 g/mol. The second-order valence-electron chi connectivity index (χ2n) is 2.67. The summed E-state index contributed by atoms with van der Waals surface area (Å²) in [6.07, 6.45) is 8.12. The molecule has 0 fully saturated rings. The van der Waals surface area contributed by atoms with E-state index in [1.165, 1.54) is 31.3 Å². The maximum absolute atomic E-state index is 5.36. The Bertz CT molecular complexity index is 157. The summed E-state index contributed by atoms with van der Waals surface area (Å²) in [5, 5.41) is 0. The Kier molecular flexibility index (Phi) is 4.49. The van der Waals surface area contributed by atoms with E-state index in [-0.39, 0.29) is 6.10 Å². The maximum atomic E-state index is 5.36. The first-order valence-corrected chi connectivity index (χ1v) is 5.26. The van der Waals surface area contributed by atoms with Crippen LogP contribution < -0.4 is 0 Å². The molecular formula is C9H14OS. The van der Waals surface area contributed by atoms with E-state index < -0.39 is 0 Å². The van der Waals surface area contributed by atoms with Crippen LogP contribution in [0.5, 0.6) is 0 Å². The highest BCUT2D eigenvalue weighted by Gasteiger charge is 2.05. The largest absolute Gasteiger partial charge is 0.300 e. The maximum Gasteiger partial charge on any atom is 0.132 e. The van der Waals surface area contributed by atoms with Gasteiger partial charge in [-0.3, -0.25) is 4.18 Å². The lowest BCUT2D eigenvalue weighted by atomic mass is 10.1. The van der Waals surface area contributed by atoms with Gasteiger partial charge in [0, 0.05) is 12.7 Å². The van der Waals surface area contributed by atoms with E-state index in [0.717, 1.165) is 12.8 Å². The predicted octanol–water partition coefficient (Wildman–Crippen LogP) is 2.62. The summed E-state index contributed by atoms with van der Waals surface area (Å²) in [5.41, 5.74) is 0. The van der Waals surface area contributed by atoms with Crippen molar-refractivity contribution in [3.8, 4) is 11.8 Å². The molecule has 0 bridgehead atoms. The molecule has 1 rings (SSSR count). The fourth-order valence-corrected chi connectivity index (χ4v) is 1.54. The molecule has 0 aromatic heterocycles. The lowest BCUT2D eigenvalue weighted by Crippen LogP contribution is -2.06. The molecule has 0 heterocycles. The molecule has 1 unspecified atom stereocenters. The van der Waals surface area contributed by atoms with Crippen LogP contribution in [0, 0.1) is 11.8 Å². The third kappa shape index (κ3) is 3.69. The van der Waals surface area contributed by atoms with Crippen molar-refractivity contribution in [1.29, 1.82) is 0 Å². The summed E-state index contributed by atoms with van der Waals surface area (Å²) in [7, 11) is 0. The quantitative estimate of drug-likeness (QED) is 0.465. The zero-order chi connectivity index (χ0) is 7.94. The molecule has 0 amide bonds. The lowest BCUT2D eigenvalue weighted by molar-refractivity contribution is 0.286. The molecule has 1 nitrogen and oxygen atoms in total. The van der Waals surface area contributed by atoms with Crippen molar-refractivity contribution in [2.24, 2.45) is 0 Å². The predicted molar refractivity (Wildman–Crippen MR) is 49.2 cm³/mol. The van der Waals surface area contributed by atoms with Crippen LogP contribution in [0.1, 0.15) is 32.1 Å². The van der Waals surface area contributed by atoms with Crippen LogP contribution in [0.4, 0.5) is 0 Å². The molecule has 1 aliphatic rings. The molecule has 0 saturated heterocycles. The van der Waals surface area contributed by atoms with Crippen molar-refractivity contribution >= 4 is 12.0 Å². The summed E-state index contributed by atoms with van der Waals surface area (Å²) >= 11 is 1.42. The van der Waals surface area contributed by atoms with E-state index in [9.17, 15) is 0 Å². The van der Waals surface area contributed by atoms with Gasteiger partial charge in [0.25, 0.3) is 0 Å². The molecule has 62 valence electrons. The van der Waals surface area contributed by atoms with Gasteiger partial charge < -0.3 is 0 Å². The fourth-order valence-electron chi connectivity index (χ4n) is 1.17. The molecule has 1 atom stereocenters. The minimum atomic E-state index is 0.185. The van der Waals surface area contributed by atoms with Crippen molar-refractivity contribution in [3.05, 3.63) is 0 Å². The average Bonchev–Trinajstić information content (AvgIpc) is 1.94. The van der Waals surface area contributed by atoms with Gasteiger partial charge >= 0.3 is 0 Å². The van der Waals surface area contributed by atoms with Crippen LogP contribution in [-0.4, -0.2) is 12.4 Å². The zero-order valence-corrected chi connectivity index (χ0v) is 7.75. The topological polar surface area (TPSA) is 9.23 Å². The molecule has 0 radical (unpaired) electrons. The second kappa shape index (κ2) is 5.51. The molecule has 0 saturated carbocycles. The Balaban J connectivity index is 2.34. The van der Waals surface area contributed by atoms with Gasteiger partial charge in [0.2, 0.25) is 0 Å². The Morgan fingerprint density at radius 1 is 1.36 bits per heavy atom. The highest BCUT2D eigenvalue weighted by Crippen LogP contribution is 2.13. The minimum Gasteiger partial charge on any atom is -0.300 e. The molecule has 2 heteroatoms. The van der Waals surface area contributed by atoms with Crippen molar-refractivity contribution in [2.75, 3.05) is 6.26 Å². The van der Waals surface area contributed by atoms with Crippen molar-refractivity contribution in [2.45, 2.75) is 38.2 Å². The normalized spacial score (nSPS) is 24.6. The monoisotopic (exact) mass is 170 g/mol. The summed E-state index contributed by atoms with van der Waals surface area (Å²) < 4.78 is 5.36. The first-order valence-electron chi connectivity index (χ1n) is 4.11. The minimum absolute atomic E-state index is 0.185. The van der Waals surface area contributed by atoms with Crippen LogP contribution in [0.2, 0.25) is 0 Å². The van der Waals surface area contributed by atoms with Gasteiger partial charge in [-0.05, 0) is 31.3 Å². The number of hydrogen-bond acceptors (Lipinski definition) is 2. The van der Waals surface area contributed by atoms with E-state index in [1.54, 1.807) is 0 Å². The van der Waals surface area contributed by atoms with E-state index in [1.807, 2.05) is 6.26 Å². The van der Waals surface area contributed by atoms with Crippen LogP contribution in [0.25, 0.3) is 0 Å². The van der Waals surface area contributed by atoms with E-state index in [4.69, 9.17) is 4.18 Å². The van der Waals surface area contributed by atoms with Gasteiger partial charge in [0.1, 0.15) is 6.10 Å². The molecule has 0 aliphatic heterocycles. The number of rotatable bonds is 2. The Labute approximate surface area is 73.1 Å². The Morgan fingerprint density at radius 2 is 2.27 bits per heavy atom. The third-order valence-electron chi connectivity index (χ3n) is 1.74. The molecule has 0 N–H and O–H groups in total. The molecule has 0 spiro atoms. The molecule has 0 aromatic carbocycles. The van der Waals surface area contributed by atoms with E-state index in [0.29, 0.717) is 0 Å². The van der Waals surface area contributed by atoms with Crippen LogP contribution in [-0.2, 0) is 4.18 Å². The van der Waals surface area contributed by atoms with Crippen molar-refractivity contribution < 1.29 is 4.18 Å². The Hall–Kier alpha value is -0.130. The van der Waals surface area contributed by atoms with Gasteiger partial charge in [0.05, 0.1) is 0 Å². The van der Waals surface area contributed by atoms with E-state index in [2.05, 4.69) is 11.8 Å². The standard InChI is InChI=1S/C9H14OS/c1-11-10-9-7-5-3-2-4-6-8-9/h9H,2-5,7H2,1H3. The SMILES string of the molecule is CSOC1C#CCCCCC1. The third-order valence-corrected chi connectivity index (χ3v) is 2.17. The first kappa shape index (κ1) is 8.96. The summed E-state index contributed by atoms with van der Waals surface area (Å²) in [6.45, 7) is 0. The second-order valence-corrected chi connectivity index (χ2v) is 3.20. The van der Waals surface area contributed by atoms with Crippen LogP contribution >= 0.6 is 12.0 Å². The van der Waals surface area contributed by atoms with Gasteiger partial charge in [0.15, 0.2) is 0 Å². The molecular weight excluding hydrogens is 156 g/mol. The van der Waals surface area contributed by atoms with Crippen molar-refractivity contribution in [3.63, 3.8) is 0 Å². The molecule has 0 aromatic rings. The van der Waals surface area contributed by atoms with E-state index >= 15 is 0 Å². The summed E-state index contributed by atoms with van der Waals surface area (Å²) in [6, 6.07) is 0. The van der Waals surface area contributed by atoms with Gasteiger partial charge in [-0.15, -0.1) is 5.92 Å². The van der Waals surface area contributed by atoms with Crippen LogP contribution in [0.15, 0.2) is 0 Å². The fraction of sp³-hybridized carbons (Fsp3) is 0.778. The van der Waals surface area contributed by atoms with Gasteiger partial charge in [-0.1, -0.05) is 12.3 Å². The zero-order valence-electron chi connectivity index (χ0n) is 6.93. The smallest absolute Gasteiger partial charge is 0.132 e. The molecule has 11 heavy (non-hydrogen) atoms.